The molecule has 1 heterocycles. The van der Waals surface area contributed by atoms with Crippen molar-refractivity contribution in [3.8, 4) is 0 Å². The lowest BCUT2D eigenvalue weighted by Crippen LogP contribution is -2.62. The summed E-state index contributed by atoms with van der Waals surface area (Å²) < 4.78 is 0. The Labute approximate surface area is 101 Å². The predicted molar refractivity (Wildman–Crippen MR) is 69.4 cm³/mol. The molecule has 0 radical (unpaired) electrons. The first-order valence-electron chi connectivity index (χ1n) is 6.97. The molecule has 0 amide bonds. The third-order valence-electron chi connectivity index (χ3n) is 4.72. The quantitative estimate of drug-likeness (QED) is 0.781. The minimum absolute atomic E-state index is 0.229. The van der Waals surface area contributed by atoms with Crippen LogP contribution in [-0.4, -0.2) is 29.6 Å². The molecule has 1 aliphatic heterocycles. The Hall–Kier alpha value is -0.0800. The van der Waals surface area contributed by atoms with E-state index in [0.717, 1.165) is 0 Å². The average Bonchev–Trinajstić information content (AvgIpc) is 2.86. The summed E-state index contributed by atoms with van der Waals surface area (Å²) >= 11 is 0. The lowest BCUT2D eigenvalue weighted by Gasteiger charge is -2.48. The van der Waals surface area contributed by atoms with E-state index in [9.17, 15) is 0 Å². The number of hydrogen-bond donors (Lipinski definition) is 1. The van der Waals surface area contributed by atoms with E-state index in [1.807, 2.05) is 0 Å². The summed E-state index contributed by atoms with van der Waals surface area (Å²) in [6, 6.07) is 0.320. The van der Waals surface area contributed by atoms with Gasteiger partial charge in [0.15, 0.2) is 0 Å². The Bertz CT molecular complexity index is 230. The summed E-state index contributed by atoms with van der Waals surface area (Å²) in [4.78, 5) is 2.72. The maximum Gasteiger partial charge on any atom is 0.0365 e. The van der Waals surface area contributed by atoms with Crippen LogP contribution in [0.2, 0.25) is 0 Å². The SMILES string of the molecule is CC(C)(C)C(N)C1(N2CCCC2)CCCC1. The molecular weight excluding hydrogens is 196 g/mol. The standard InChI is InChI=1S/C14H28N2/c1-13(2,3)12(15)14(8-4-5-9-14)16-10-6-7-11-16/h12H,4-11,15H2,1-3H3. The monoisotopic (exact) mass is 224 g/mol. The van der Waals surface area contributed by atoms with Crippen molar-refractivity contribution in [3.05, 3.63) is 0 Å². The van der Waals surface area contributed by atoms with Crippen LogP contribution in [0.3, 0.4) is 0 Å². The van der Waals surface area contributed by atoms with Crippen LogP contribution in [0.25, 0.3) is 0 Å². The highest BCUT2D eigenvalue weighted by Gasteiger charge is 2.48. The topological polar surface area (TPSA) is 29.3 Å². The van der Waals surface area contributed by atoms with Gasteiger partial charge >= 0.3 is 0 Å². The van der Waals surface area contributed by atoms with Crippen LogP contribution >= 0.6 is 0 Å². The molecule has 0 aromatic carbocycles. The van der Waals surface area contributed by atoms with E-state index in [2.05, 4.69) is 25.7 Å². The molecule has 2 fully saturated rings. The summed E-state index contributed by atoms with van der Waals surface area (Å²) in [5.74, 6) is 0. The third-order valence-corrected chi connectivity index (χ3v) is 4.72. The van der Waals surface area contributed by atoms with E-state index in [1.165, 1.54) is 51.6 Å². The van der Waals surface area contributed by atoms with Gasteiger partial charge in [0.25, 0.3) is 0 Å². The Morgan fingerprint density at radius 3 is 1.94 bits per heavy atom. The summed E-state index contributed by atoms with van der Waals surface area (Å²) in [5.41, 5.74) is 7.19. The van der Waals surface area contributed by atoms with Gasteiger partial charge in [-0.15, -0.1) is 0 Å². The van der Waals surface area contributed by atoms with E-state index in [-0.39, 0.29) is 5.41 Å². The van der Waals surface area contributed by atoms with Gasteiger partial charge in [-0.1, -0.05) is 33.6 Å². The Morgan fingerprint density at radius 2 is 1.50 bits per heavy atom. The van der Waals surface area contributed by atoms with Gasteiger partial charge in [-0.05, 0) is 44.2 Å². The fraction of sp³-hybridized carbons (Fsp3) is 1.00. The highest BCUT2D eigenvalue weighted by molar-refractivity contribution is 5.07. The van der Waals surface area contributed by atoms with E-state index in [1.54, 1.807) is 0 Å². The molecular formula is C14H28N2. The van der Waals surface area contributed by atoms with Gasteiger partial charge < -0.3 is 5.73 Å². The predicted octanol–water partition coefficient (Wildman–Crippen LogP) is 2.77. The van der Waals surface area contributed by atoms with E-state index < -0.39 is 0 Å². The molecule has 1 atom stereocenters. The molecule has 1 saturated carbocycles. The van der Waals surface area contributed by atoms with Crippen molar-refractivity contribution in [3.63, 3.8) is 0 Å². The number of nitrogens with zero attached hydrogens (tertiary/aromatic N) is 1. The lowest BCUT2D eigenvalue weighted by molar-refractivity contribution is 0.0475. The molecule has 2 N–H and O–H groups in total. The van der Waals surface area contributed by atoms with Crippen molar-refractivity contribution >= 4 is 0 Å². The molecule has 0 spiro atoms. The number of hydrogen-bond acceptors (Lipinski definition) is 2. The van der Waals surface area contributed by atoms with Crippen molar-refractivity contribution in [2.45, 2.75) is 70.9 Å². The fourth-order valence-corrected chi connectivity index (χ4v) is 3.78. The zero-order chi connectivity index (χ0) is 11.8. The molecule has 0 aromatic heterocycles. The molecule has 0 bridgehead atoms. The fourth-order valence-electron chi connectivity index (χ4n) is 3.78. The minimum atomic E-state index is 0.229. The normalized spacial score (nSPS) is 28.5. The molecule has 2 heteroatoms. The van der Waals surface area contributed by atoms with Crippen molar-refractivity contribution < 1.29 is 0 Å². The number of nitrogens with two attached hydrogens (primary N) is 1. The van der Waals surface area contributed by atoms with Gasteiger partial charge in [0.1, 0.15) is 0 Å². The molecule has 1 aliphatic carbocycles. The molecule has 2 rings (SSSR count). The molecule has 16 heavy (non-hydrogen) atoms. The van der Waals surface area contributed by atoms with Crippen LogP contribution in [-0.2, 0) is 0 Å². The molecule has 2 nitrogen and oxygen atoms in total. The van der Waals surface area contributed by atoms with Crippen molar-refractivity contribution in [1.29, 1.82) is 0 Å². The highest BCUT2D eigenvalue weighted by Crippen LogP contribution is 2.43. The minimum Gasteiger partial charge on any atom is -0.326 e. The largest absolute Gasteiger partial charge is 0.326 e. The second-order valence-electron chi connectivity index (χ2n) is 6.85. The first-order valence-corrected chi connectivity index (χ1v) is 6.97. The van der Waals surface area contributed by atoms with Crippen LogP contribution in [0.15, 0.2) is 0 Å². The van der Waals surface area contributed by atoms with Gasteiger partial charge in [0.05, 0.1) is 0 Å². The maximum absolute atomic E-state index is 6.63. The molecule has 1 saturated heterocycles. The van der Waals surface area contributed by atoms with Crippen LogP contribution in [0.4, 0.5) is 0 Å². The summed E-state index contributed by atoms with van der Waals surface area (Å²) in [7, 11) is 0. The Kier molecular flexibility index (Phi) is 3.33. The molecule has 94 valence electrons. The van der Waals surface area contributed by atoms with Crippen molar-refractivity contribution in [2.75, 3.05) is 13.1 Å². The number of likely N-dealkylation sites (tertiary alicyclic amines) is 1. The highest BCUT2D eigenvalue weighted by atomic mass is 15.2. The zero-order valence-electron chi connectivity index (χ0n) is 11.3. The van der Waals surface area contributed by atoms with Gasteiger partial charge in [0, 0.05) is 11.6 Å². The molecule has 0 aromatic rings. The van der Waals surface area contributed by atoms with Gasteiger partial charge in [0.2, 0.25) is 0 Å². The van der Waals surface area contributed by atoms with Crippen molar-refractivity contribution in [1.82, 2.24) is 4.90 Å². The number of rotatable bonds is 2. The van der Waals surface area contributed by atoms with E-state index >= 15 is 0 Å². The maximum atomic E-state index is 6.63. The second kappa shape index (κ2) is 4.30. The smallest absolute Gasteiger partial charge is 0.0365 e. The van der Waals surface area contributed by atoms with E-state index in [4.69, 9.17) is 5.73 Å². The Balaban J connectivity index is 2.20. The summed E-state index contributed by atoms with van der Waals surface area (Å²) in [6.45, 7) is 9.46. The molecule has 1 unspecified atom stereocenters. The van der Waals surface area contributed by atoms with Gasteiger partial charge in [-0.3, -0.25) is 4.90 Å². The van der Waals surface area contributed by atoms with Crippen LogP contribution in [0.5, 0.6) is 0 Å². The van der Waals surface area contributed by atoms with Crippen LogP contribution in [0.1, 0.15) is 59.3 Å². The van der Waals surface area contributed by atoms with Gasteiger partial charge in [-0.25, -0.2) is 0 Å². The third kappa shape index (κ3) is 2.02. The first kappa shape index (κ1) is 12.4. The average molecular weight is 224 g/mol. The Morgan fingerprint density at radius 1 is 1.00 bits per heavy atom. The van der Waals surface area contributed by atoms with E-state index in [0.29, 0.717) is 11.6 Å². The second-order valence-corrected chi connectivity index (χ2v) is 6.85. The van der Waals surface area contributed by atoms with Crippen LogP contribution in [0, 0.1) is 5.41 Å². The van der Waals surface area contributed by atoms with Gasteiger partial charge in [-0.2, -0.15) is 0 Å². The molecule has 2 aliphatic rings. The lowest BCUT2D eigenvalue weighted by atomic mass is 9.73. The van der Waals surface area contributed by atoms with Crippen LogP contribution < -0.4 is 5.73 Å². The van der Waals surface area contributed by atoms with Crippen molar-refractivity contribution in [2.24, 2.45) is 11.1 Å². The zero-order valence-corrected chi connectivity index (χ0v) is 11.3. The first-order chi connectivity index (χ1) is 7.47. The summed E-state index contributed by atoms with van der Waals surface area (Å²) in [6.07, 6.45) is 8.15. The summed E-state index contributed by atoms with van der Waals surface area (Å²) in [5, 5.41) is 0.